The second kappa shape index (κ2) is 6.60. The highest BCUT2D eigenvalue weighted by atomic mass is 28.4. The van der Waals surface area contributed by atoms with Crippen LogP contribution in [0.5, 0.6) is 0 Å². The Morgan fingerprint density at radius 2 is 1.40 bits per heavy atom. The van der Waals surface area contributed by atoms with Crippen molar-refractivity contribution in [2.24, 2.45) is 0 Å². The molecule has 0 aliphatic heterocycles. The molecule has 92 valence electrons. The van der Waals surface area contributed by atoms with Crippen molar-refractivity contribution in [2.45, 2.75) is 47.0 Å². The van der Waals surface area contributed by atoms with E-state index in [0.29, 0.717) is 19.8 Å². The summed E-state index contributed by atoms with van der Waals surface area (Å²) in [5.41, 5.74) is 0. The Morgan fingerprint density at radius 1 is 0.933 bits per heavy atom. The van der Waals surface area contributed by atoms with Crippen LogP contribution in [-0.2, 0) is 18.0 Å². The molecule has 0 spiro atoms. The fourth-order valence-corrected chi connectivity index (χ4v) is 3.65. The highest BCUT2D eigenvalue weighted by molar-refractivity contribution is 6.59. The van der Waals surface area contributed by atoms with E-state index in [4.69, 9.17) is 18.0 Å². The summed E-state index contributed by atoms with van der Waals surface area (Å²) >= 11 is 0. The second-order valence-corrected chi connectivity index (χ2v) is 6.17. The van der Waals surface area contributed by atoms with Crippen molar-refractivity contribution < 1.29 is 18.0 Å². The van der Waals surface area contributed by atoms with Gasteiger partial charge in [-0.05, 0) is 34.6 Å². The first-order chi connectivity index (χ1) is 6.89. The van der Waals surface area contributed by atoms with Gasteiger partial charge in [-0.2, -0.15) is 0 Å². The number of rotatable bonds is 8. The van der Waals surface area contributed by atoms with Crippen LogP contribution in [0, 0.1) is 0 Å². The van der Waals surface area contributed by atoms with Crippen LogP contribution in [0.1, 0.15) is 34.6 Å². The lowest BCUT2D eigenvalue weighted by molar-refractivity contribution is -0.182. The first-order valence-corrected chi connectivity index (χ1v) is 7.73. The molecule has 0 unspecified atom stereocenters. The molecule has 0 saturated heterocycles. The topological polar surface area (TPSA) is 36.9 Å². The fraction of sp³-hybridized carbons (Fsp3) is 1.00. The maximum Gasteiger partial charge on any atom is 0.499 e. The van der Waals surface area contributed by atoms with Crippen LogP contribution in [0.15, 0.2) is 0 Å². The smallest absolute Gasteiger partial charge is 0.374 e. The second-order valence-electron chi connectivity index (χ2n) is 3.66. The van der Waals surface area contributed by atoms with E-state index < -0.39 is 14.6 Å². The van der Waals surface area contributed by atoms with Crippen LogP contribution in [-0.4, -0.2) is 34.4 Å². The number of hydrogen-bond acceptors (Lipinski definition) is 4. The summed E-state index contributed by atoms with van der Waals surface area (Å²) in [6.07, 6.45) is 0. The van der Waals surface area contributed by atoms with E-state index in [2.05, 4.69) is 0 Å². The van der Waals surface area contributed by atoms with Crippen molar-refractivity contribution in [1.29, 1.82) is 0 Å². The van der Waals surface area contributed by atoms with Gasteiger partial charge in [-0.15, -0.1) is 0 Å². The zero-order chi connectivity index (χ0) is 11.9. The van der Waals surface area contributed by atoms with Crippen molar-refractivity contribution in [3.05, 3.63) is 0 Å². The third kappa shape index (κ3) is 6.27. The fourth-order valence-electron chi connectivity index (χ4n) is 1.45. The molecule has 0 aromatic carbocycles. The molecule has 0 radical (unpaired) electrons. The molecule has 0 fully saturated rings. The summed E-state index contributed by atoms with van der Waals surface area (Å²) in [4.78, 5) is 0. The molecule has 0 bridgehead atoms. The predicted molar refractivity (Wildman–Crippen MR) is 61.7 cm³/mol. The quantitative estimate of drug-likeness (QED) is 0.479. The first-order valence-electron chi connectivity index (χ1n) is 5.51. The monoisotopic (exact) mass is 236 g/mol. The Labute approximate surface area is 94.2 Å². The van der Waals surface area contributed by atoms with E-state index in [1.807, 2.05) is 41.2 Å². The Bertz CT molecular complexity index is 167. The van der Waals surface area contributed by atoms with Crippen LogP contribution in [0.2, 0.25) is 6.55 Å². The standard InChI is InChI=1S/C10H24O4Si/c1-7-11-10(4,5)14-15(6,12-8-2)13-9-3/h7-9H2,1-6H3. The van der Waals surface area contributed by atoms with Crippen LogP contribution < -0.4 is 0 Å². The highest BCUT2D eigenvalue weighted by Crippen LogP contribution is 2.20. The SMILES string of the molecule is CCOC(C)(C)O[Si](C)(OCC)OCC. The first kappa shape index (κ1) is 15.1. The minimum absolute atomic E-state index is 0.588. The van der Waals surface area contributed by atoms with Gasteiger partial charge in [0.2, 0.25) is 0 Å². The molecule has 0 aliphatic rings. The van der Waals surface area contributed by atoms with Crippen LogP contribution in [0.3, 0.4) is 0 Å². The Morgan fingerprint density at radius 3 is 1.73 bits per heavy atom. The van der Waals surface area contributed by atoms with Gasteiger partial charge in [0, 0.05) is 26.4 Å². The molecule has 0 aliphatic carbocycles. The van der Waals surface area contributed by atoms with Gasteiger partial charge in [-0.1, -0.05) is 0 Å². The van der Waals surface area contributed by atoms with E-state index in [1.165, 1.54) is 0 Å². The predicted octanol–water partition coefficient (Wildman–Crippen LogP) is 2.42. The van der Waals surface area contributed by atoms with Gasteiger partial charge >= 0.3 is 8.80 Å². The normalized spacial score (nSPS) is 13.2. The van der Waals surface area contributed by atoms with E-state index in [1.54, 1.807) is 0 Å². The molecular weight excluding hydrogens is 212 g/mol. The van der Waals surface area contributed by atoms with Crippen molar-refractivity contribution >= 4 is 8.80 Å². The summed E-state index contributed by atoms with van der Waals surface area (Å²) in [5.74, 6) is -0.653. The lowest BCUT2D eigenvalue weighted by atomic mass is 10.4. The zero-order valence-electron chi connectivity index (χ0n) is 10.8. The average Bonchev–Trinajstić information content (AvgIpc) is 2.02. The summed E-state index contributed by atoms with van der Waals surface area (Å²) in [5, 5.41) is 0. The highest BCUT2D eigenvalue weighted by Gasteiger charge is 2.40. The molecule has 0 atom stereocenters. The maximum atomic E-state index is 5.82. The van der Waals surface area contributed by atoms with Gasteiger partial charge < -0.3 is 18.0 Å². The zero-order valence-corrected chi connectivity index (χ0v) is 11.8. The third-order valence-electron chi connectivity index (χ3n) is 1.74. The molecule has 0 aromatic heterocycles. The molecule has 0 rings (SSSR count). The molecule has 0 saturated carbocycles. The van der Waals surface area contributed by atoms with Gasteiger partial charge in [0.15, 0.2) is 5.79 Å². The summed E-state index contributed by atoms with van der Waals surface area (Å²) in [6.45, 7) is 13.2. The molecule has 0 N–H and O–H groups in total. The van der Waals surface area contributed by atoms with Crippen LogP contribution in [0.4, 0.5) is 0 Å². The Hall–Kier alpha value is 0.0569. The minimum Gasteiger partial charge on any atom is -0.374 e. The largest absolute Gasteiger partial charge is 0.499 e. The Kier molecular flexibility index (Phi) is 6.62. The lowest BCUT2D eigenvalue weighted by Crippen LogP contribution is -2.49. The number of hydrogen-bond donors (Lipinski definition) is 0. The van der Waals surface area contributed by atoms with Gasteiger partial charge in [0.1, 0.15) is 0 Å². The van der Waals surface area contributed by atoms with Crippen molar-refractivity contribution in [2.75, 3.05) is 19.8 Å². The van der Waals surface area contributed by atoms with Gasteiger partial charge in [0.25, 0.3) is 0 Å². The third-order valence-corrected chi connectivity index (χ3v) is 4.22. The minimum atomic E-state index is -2.55. The van der Waals surface area contributed by atoms with Crippen molar-refractivity contribution in [3.8, 4) is 0 Å². The molecule has 15 heavy (non-hydrogen) atoms. The van der Waals surface area contributed by atoms with E-state index in [-0.39, 0.29) is 0 Å². The average molecular weight is 236 g/mol. The van der Waals surface area contributed by atoms with Crippen LogP contribution >= 0.6 is 0 Å². The van der Waals surface area contributed by atoms with Crippen molar-refractivity contribution in [3.63, 3.8) is 0 Å². The molecular formula is C10H24O4Si. The molecule has 0 aromatic rings. The number of ether oxygens (including phenoxy) is 1. The van der Waals surface area contributed by atoms with Gasteiger partial charge in [-0.3, -0.25) is 0 Å². The van der Waals surface area contributed by atoms with Crippen LogP contribution in [0.25, 0.3) is 0 Å². The molecule has 4 nitrogen and oxygen atoms in total. The molecule has 0 amide bonds. The molecule has 0 heterocycles. The summed E-state index contributed by atoms with van der Waals surface area (Å²) < 4.78 is 22.4. The Balaban J connectivity index is 4.37. The lowest BCUT2D eigenvalue weighted by Gasteiger charge is -2.34. The van der Waals surface area contributed by atoms with E-state index in [9.17, 15) is 0 Å². The van der Waals surface area contributed by atoms with Gasteiger partial charge in [-0.25, -0.2) is 0 Å². The van der Waals surface area contributed by atoms with E-state index >= 15 is 0 Å². The maximum absolute atomic E-state index is 5.82. The van der Waals surface area contributed by atoms with E-state index in [0.717, 1.165) is 0 Å². The van der Waals surface area contributed by atoms with Crippen molar-refractivity contribution in [1.82, 2.24) is 0 Å². The molecule has 5 heteroatoms. The van der Waals surface area contributed by atoms with Gasteiger partial charge in [0.05, 0.1) is 0 Å². The summed E-state index contributed by atoms with van der Waals surface area (Å²) in [6, 6.07) is 0. The summed E-state index contributed by atoms with van der Waals surface area (Å²) in [7, 11) is -2.55.